The normalized spacial score (nSPS) is 12.0. The van der Waals surface area contributed by atoms with Gasteiger partial charge in [-0.15, -0.1) is 0 Å². The molecule has 1 aromatic carbocycles. The fourth-order valence-corrected chi connectivity index (χ4v) is 1.51. The lowest BCUT2D eigenvalue weighted by atomic mass is 10.0. The van der Waals surface area contributed by atoms with Crippen LogP contribution in [0.1, 0.15) is 25.5 Å². The van der Waals surface area contributed by atoms with Crippen molar-refractivity contribution in [2.75, 3.05) is 14.2 Å². The quantitative estimate of drug-likeness (QED) is 0.763. The lowest BCUT2D eigenvalue weighted by molar-refractivity contribution is 0.414. The SMILES string of the molecule is CNC(C=C(C)C)c1cccc(OC)c1. The summed E-state index contributed by atoms with van der Waals surface area (Å²) in [5.41, 5.74) is 2.52. The molecule has 82 valence electrons. The third-order valence-electron chi connectivity index (χ3n) is 2.26. The Balaban J connectivity index is 2.96. The summed E-state index contributed by atoms with van der Waals surface area (Å²) in [6, 6.07) is 8.38. The molecule has 0 fully saturated rings. The van der Waals surface area contributed by atoms with Gasteiger partial charge in [-0.05, 0) is 38.6 Å². The number of methoxy groups -OCH3 is 1. The summed E-state index contributed by atoms with van der Waals surface area (Å²) in [7, 11) is 3.65. The first-order valence-electron chi connectivity index (χ1n) is 5.13. The molecule has 0 aliphatic heterocycles. The van der Waals surface area contributed by atoms with Crippen LogP contribution in [0.4, 0.5) is 0 Å². The van der Waals surface area contributed by atoms with Crippen LogP contribution in [0, 0.1) is 0 Å². The Morgan fingerprint density at radius 3 is 2.67 bits per heavy atom. The van der Waals surface area contributed by atoms with Crippen LogP contribution in [0.25, 0.3) is 0 Å². The Bertz CT molecular complexity index is 340. The van der Waals surface area contributed by atoms with Gasteiger partial charge in [-0.1, -0.05) is 23.8 Å². The minimum Gasteiger partial charge on any atom is -0.497 e. The van der Waals surface area contributed by atoms with E-state index in [0.29, 0.717) is 0 Å². The van der Waals surface area contributed by atoms with Crippen LogP contribution in [0.2, 0.25) is 0 Å². The van der Waals surface area contributed by atoms with E-state index in [1.165, 1.54) is 11.1 Å². The minimum atomic E-state index is 0.255. The summed E-state index contributed by atoms with van der Waals surface area (Å²) in [5, 5.41) is 3.27. The molecule has 1 atom stereocenters. The van der Waals surface area contributed by atoms with Crippen LogP contribution in [-0.4, -0.2) is 14.2 Å². The molecule has 0 aliphatic carbocycles. The third-order valence-corrected chi connectivity index (χ3v) is 2.26. The molecule has 2 heteroatoms. The van der Waals surface area contributed by atoms with Gasteiger partial charge in [-0.2, -0.15) is 0 Å². The van der Waals surface area contributed by atoms with Crippen molar-refractivity contribution in [1.29, 1.82) is 0 Å². The Kier molecular flexibility index (Phi) is 4.37. The number of benzene rings is 1. The van der Waals surface area contributed by atoms with Crippen molar-refractivity contribution in [3.05, 3.63) is 41.5 Å². The molecule has 0 amide bonds. The number of rotatable bonds is 4. The average molecular weight is 205 g/mol. The maximum absolute atomic E-state index is 5.21. The number of nitrogens with one attached hydrogen (secondary N) is 1. The van der Waals surface area contributed by atoms with Gasteiger partial charge >= 0.3 is 0 Å². The second-order valence-corrected chi connectivity index (χ2v) is 3.79. The summed E-state index contributed by atoms with van der Waals surface area (Å²) in [4.78, 5) is 0. The van der Waals surface area contributed by atoms with Crippen LogP contribution in [0.5, 0.6) is 5.75 Å². The first-order chi connectivity index (χ1) is 7.17. The average Bonchev–Trinajstić information content (AvgIpc) is 2.25. The molecule has 0 bridgehead atoms. The fraction of sp³-hybridized carbons (Fsp3) is 0.385. The Morgan fingerprint density at radius 2 is 2.13 bits per heavy atom. The van der Waals surface area contributed by atoms with Crippen molar-refractivity contribution in [3.63, 3.8) is 0 Å². The van der Waals surface area contributed by atoms with Gasteiger partial charge in [-0.25, -0.2) is 0 Å². The van der Waals surface area contributed by atoms with E-state index in [-0.39, 0.29) is 6.04 Å². The Morgan fingerprint density at radius 1 is 1.40 bits per heavy atom. The van der Waals surface area contributed by atoms with E-state index in [2.05, 4.69) is 37.4 Å². The standard InChI is InChI=1S/C13H19NO/c1-10(2)8-13(14-3)11-6-5-7-12(9-11)15-4/h5-9,13-14H,1-4H3. The molecule has 1 aromatic rings. The monoisotopic (exact) mass is 205 g/mol. The highest BCUT2D eigenvalue weighted by molar-refractivity contribution is 5.32. The number of likely N-dealkylation sites (N-methyl/N-ethyl adjacent to an activating group) is 1. The molecule has 2 nitrogen and oxygen atoms in total. The lowest BCUT2D eigenvalue weighted by Crippen LogP contribution is -2.14. The smallest absolute Gasteiger partial charge is 0.119 e. The number of hydrogen-bond acceptors (Lipinski definition) is 2. The summed E-state index contributed by atoms with van der Waals surface area (Å²) in [6.07, 6.45) is 2.20. The highest BCUT2D eigenvalue weighted by Gasteiger charge is 2.06. The van der Waals surface area contributed by atoms with Gasteiger partial charge < -0.3 is 10.1 Å². The van der Waals surface area contributed by atoms with Gasteiger partial charge in [0.15, 0.2) is 0 Å². The molecule has 0 saturated carbocycles. The molecule has 0 saturated heterocycles. The van der Waals surface area contributed by atoms with E-state index in [0.717, 1.165) is 5.75 Å². The van der Waals surface area contributed by atoms with E-state index in [1.807, 2.05) is 19.2 Å². The molecule has 0 heterocycles. The second kappa shape index (κ2) is 5.56. The van der Waals surface area contributed by atoms with Gasteiger partial charge in [0.1, 0.15) is 5.75 Å². The van der Waals surface area contributed by atoms with Crippen LogP contribution in [0.3, 0.4) is 0 Å². The molecular weight excluding hydrogens is 186 g/mol. The summed E-state index contributed by atoms with van der Waals surface area (Å²) >= 11 is 0. The van der Waals surface area contributed by atoms with Gasteiger partial charge in [0, 0.05) is 0 Å². The zero-order chi connectivity index (χ0) is 11.3. The second-order valence-electron chi connectivity index (χ2n) is 3.79. The van der Waals surface area contributed by atoms with Gasteiger partial charge in [0.2, 0.25) is 0 Å². The highest BCUT2D eigenvalue weighted by Crippen LogP contribution is 2.20. The molecule has 0 spiro atoms. The molecule has 0 aliphatic rings. The number of hydrogen-bond donors (Lipinski definition) is 1. The van der Waals surface area contributed by atoms with Crippen molar-refractivity contribution in [3.8, 4) is 5.75 Å². The van der Waals surface area contributed by atoms with Crippen molar-refractivity contribution in [2.24, 2.45) is 0 Å². The minimum absolute atomic E-state index is 0.255. The van der Waals surface area contributed by atoms with Gasteiger partial charge in [0.25, 0.3) is 0 Å². The van der Waals surface area contributed by atoms with Crippen molar-refractivity contribution < 1.29 is 4.74 Å². The summed E-state index contributed by atoms with van der Waals surface area (Å²) < 4.78 is 5.21. The van der Waals surface area contributed by atoms with Crippen LogP contribution < -0.4 is 10.1 Å². The van der Waals surface area contributed by atoms with E-state index < -0.39 is 0 Å². The van der Waals surface area contributed by atoms with Crippen molar-refractivity contribution in [2.45, 2.75) is 19.9 Å². The molecule has 0 radical (unpaired) electrons. The summed E-state index contributed by atoms with van der Waals surface area (Å²) in [6.45, 7) is 4.20. The topological polar surface area (TPSA) is 21.3 Å². The van der Waals surface area contributed by atoms with Gasteiger partial charge in [-0.3, -0.25) is 0 Å². The van der Waals surface area contributed by atoms with Crippen molar-refractivity contribution >= 4 is 0 Å². The van der Waals surface area contributed by atoms with E-state index in [4.69, 9.17) is 4.74 Å². The molecular formula is C13H19NO. The molecule has 1 unspecified atom stereocenters. The zero-order valence-corrected chi connectivity index (χ0v) is 9.87. The maximum atomic E-state index is 5.21. The zero-order valence-electron chi connectivity index (χ0n) is 9.87. The predicted molar refractivity (Wildman–Crippen MR) is 64.2 cm³/mol. The van der Waals surface area contributed by atoms with Crippen LogP contribution in [-0.2, 0) is 0 Å². The van der Waals surface area contributed by atoms with Gasteiger partial charge in [0.05, 0.1) is 13.2 Å². The molecule has 0 aromatic heterocycles. The maximum Gasteiger partial charge on any atom is 0.119 e. The predicted octanol–water partition coefficient (Wildman–Crippen LogP) is 2.92. The molecule has 1 rings (SSSR count). The molecule has 1 N–H and O–H groups in total. The van der Waals surface area contributed by atoms with Crippen LogP contribution >= 0.6 is 0 Å². The lowest BCUT2D eigenvalue weighted by Gasteiger charge is -2.14. The molecule has 15 heavy (non-hydrogen) atoms. The van der Waals surface area contributed by atoms with E-state index >= 15 is 0 Å². The Labute approximate surface area is 92.0 Å². The largest absolute Gasteiger partial charge is 0.497 e. The highest BCUT2D eigenvalue weighted by atomic mass is 16.5. The number of ether oxygens (including phenoxy) is 1. The van der Waals surface area contributed by atoms with Crippen molar-refractivity contribution in [1.82, 2.24) is 5.32 Å². The number of allylic oxidation sites excluding steroid dienone is 1. The van der Waals surface area contributed by atoms with E-state index in [1.54, 1.807) is 7.11 Å². The first-order valence-corrected chi connectivity index (χ1v) is 5.13. The first kappa shape index (κ1) is 11.8. The Hall–Kier alpha value is -1.28. The fourth-order valence-electron chi connectivity index (χ4n) is 1.51. The third kappa shape index (κ3) is 3.40. The van der Waals surface area contributed by atoms with E-state index in [9.17, 15) is 0 Å². The van der Waals surface area contributed by atoms with Crippen LogP contribution in [0.15, 0.2) is 35.9 Å². The summed E-state index contributed by atoms with van der Waals surface area (Å²) in [5.74, 6) is 0.898.